The summed E-state index contributed by atoms with van der Waals surface area (Å²) in [5.74, 6) is 0.328. The molecule has 0 fully saturated rings. The summed E-state index contributed by atoms with van der Waals surface area (Å²) in [5, 5.41) is 7.84. The minimum absolute atomic E-state index is 0.0858. The van der Waals surface area contributed by atoms with Crippen LogP contribution in [0.25, 0.3) is 22.2 Å². The number of nitrogens with zero attached hydrogens (tertiary/aromatic N) is 1. The van der Waals surface area contributed by atoms with Gasteiger partial charge < -0.3 is 14.8 Å². The van der Waals surface area contributed by atoms with Crippen molar-refractivity contribution in [2.24, 2.45) is 0 Å². The average Bonchev–Trinajstić information content (AvgIpc) is 3.20. The molecule has 0 unspecified atom stereocenters. The molecule has 2 N–H and O–H groups in total. The lowest BCUT2D eigenvalue weighted by molar-refractivity contribution is -0.120. The molecule has 2 aromatic heterocycles. The summed E-state index contributed by atoms with van der Waals surface area (Å²) in [4.78, 5) is 15.6. The van der Waals surface area contributed by atoms with Gasteiger partial charge >= 0.3 is 0 Å². The van der Waals surface area contributed by atoms with Crippen molar-refractivity contribution < 1.29 is 13.7 Å². The van der Waals surface area contributed by atoms with E-state index in [1.807, 2.05) is 38.1 Å². The maximum Gasteiger partial charge on any atom is 0.224 e. The van der Waals surface area contributed by atoms with Gasteiger partial charge in [0.25, 0.3) is 0 Å². The second-order valence-electron chi connectivity index (χ2n) is 7.24. The number of fused-ring (bicyclic) bond motifs is 1. The summed E-state index contributed by atoms with van der Waals surface area (Å²) in [7, 11) is 0. The molecule has 0 saturated heterocycles. The summed E-state index contributed by atoms with van der Waals surface area (Å²) in [6.07, 6.45) is 0.240. The highest BCUT2D eigenvalue weighted by molar-refractivity contribution is 5.91. The first-order valence-electron chi connectivity index (χ1n) is 9.48. The van der Waals surface area contributed by atoms with E-state index in [2.05, 4.69) is 15.5 Å². The van der Waals surface area contributed by atoms with Crippen molar-refractivity contribution in [3.05, 3.63) is 76.4 Å². The van der Waals surface area contributed by atoms with Crippen LogP contribution in [0.5, 0.6) is 0 Å². The highest BCUT2D eigenvalue weighted by Gasteiger charge is 2.15. The van der Waals surface area contributed by atoms with E-state index >= 15 is 0 Å². The number of carbonyl (C=O) groups is 1. The standard InChI is InChI=1S/C23H22FN3O2/c1-13-18-10-16(12-25-22(28)11-19-14(2)27-29-15(19)3)8-9-21(18)26-23(13)17-6-4-5-7-20(17)24/h4-10,26H,11-12H2,1-3H3,(H,25,28). The van der Waals surface area contributed by atoms with Crippen molar-refractivity contribution in [3.63, 3.8) is 0 Å². The molecule has 4 aromatic rings. The summed E-state index contributed by atoms with van der Waals surface area (Å²) in [6, 6.07) is 12.7. The maximum absolute atomic E-state index is 14.2. The quantitative estimate of drug-likeness (QED) is 0.516. The minimum atomic E-state index is -0.256. The van der Waals surface area contributed by atoms with Crippen LogP contribution in [0.4, 0.5) is 4.39 Å². The van der Waals surface area contributed by atoms with Gasteiger partial charge in [0.1, 0.15) is 11.6 Å². The number of carbonyl (C=O) groups excluding carboxylic acids is 1. The van der Waals surface area contributed by atoms with Crippen molar-refractivity contribution in [3.8, 4) is 11.3 Å². The number of hydrogen-bond acceptors (Lipinski definition) is 3. The predicted molar refractivity (Wildman–Crippen MR) is 110 cm³/mol. The van der Waals surface area contributed by atoms with E-state index in [0.29, 0.717) is 17.9 Å². The molecule has 5 nitrogen and oxygen atoms in total. The topological polar surface area (TPSA) is 70.9 Å². The number of aromatic amines is 1. The largest absolute Gasteiger partial charge is 0.361 e. The summed E-state index contributed by atoms with van der Waals surface area (Å²) < 4.78 is 19.3. The van der Waals surface area contributed by atoms with Gasteiger partial charge in [-0.05, 0) is 56.2 Å². The first-order valence-corrected chi connectivity index (χ1v) is 9.48. The number of aromatic nitrogens is 2. The van der Waals surface area contributed by atoms with E-state index in [0.717, 1.165) is 39.0 Å². The Balaban J connectivity index is 1.53. The Morgan fingerprint density at radius 3 is 2.69 bits per heavy atom. The Morgan fingerprint density at radius 1 is 1.17 bits per heavy atom. The van der Waals surface area contributed by atoms with E-state index in [1.54, 1.807) is 19.1 Å². The monoisotopic (exact) mass is 391 g/mol. The number of H-pyrrole nitrogens is 1. The lowest BCUT2D eigenvalue weighted by atomic mass is 10.0. The van der Waals surface area contributed by atoms with Crippen LogP contribution in [0.3, 0.4) is 0 Å². The molecule has 0 bridgehead atoms. The van der Waals surface area contributed by atoms with Crippen molar-refractivity contribution in [1.82, 2.24) is 15.5 Å². The van der Waals surface area contributed by atoms with Gasteiger partial charge in [0.2, 0.25) is 5.91 Å². The molecule has 2 heterocycles. The summed E-state index contributed by atoms with van der Waals surface area (Å²) >= 11 is 0. The Morgan fingerprint density at radius 2 is 1.97 bits per heavy atom. The van der Waals surface area contributed by atoms with Crippen molar-refractivity contribution >= 4 is 16.8 Å². The lowest BCUT2D eigenvalue weighted by Crippen LogP contribution is -2.24. The fraction of sp³-hybridized carbons (Fsp3) is 0.217. The van der Waals surface area contributed by atoms with E-state index in [4.69, 9.17) is 4.52 Å². The third-order valence-corrected chi connectivity index (χ3v) is 5.27. The van der Waals surface area contributed by atoms with Crippen LogP contribution in [0.15, 0.2) is 47.0 Å². The molecule has 0 spiro atoms. The van der Waals surface area contributed by atoms with Crippen molar-refractivity contribution in [2.45, 2.75) is 33.7 Å². The van der Waals surface area contributed by atoms with Crippen LogP contribution >= 0.6 is 0 Å². The van der Waals surface area contributed by atoms with Gasteiger partial charge in [-0.1, -0.05) is 23.4 Å². The van der Waals surface area contributed by atoms with Crippen LogP contribution in [0, 0.1) is 26.6 Å². The molecule has 6 heteroatoms. The molecule has 0 aliphatic heterocycles. The highest BCUT2D eigenvalue weighted by Crippen LogP contribution is 2.31. The van der Waals surface area contributed by atoms with E-state index < -0.39 is 0 Å². The molecule has 29 heavy (non-hydrogen) atoms. The molecule has 2 aromatic carbocycles. The van der Waals surface area contributed by atoms with Gasteiger partial charge in [-0.15, -0.1) is 0 Å². The Labute approximate surface area is 167 Å². The zero-order chi connectivity index (χ0) is 20.5. The zero-order valence-electron chi connectivity index (χ0n) is 16.6. The Hall–Kier alpha value is -3.41. The van der Waals surface area contributed by atoms with Crippen LogP contribution in [-0.4, -0.2) is 16.0 Å². The van der Waals surface area contributed by atoms with Crippen molar-refractivity contribution in [2.75, 3.05) is 0 Å². The van der Waals surface area contributed by atoms with Crippen LogP contribution in [0.1, 0.15) is 28.1 Å². The molecule has 0 saturated carbocycles. The summed E-state index contributed by atoms with van der Waals surface area (Å²) in [6.45, 7) is 6.02. The normalized spacial score (nSPS) is 11.2. The molecule has 1 amide bonds. The van der Waals surface area contributed by atoms with Gasteiger partial charge in [-0.25, -0.2) is 4.39 Å². The number of hydrogen-bond donors (Lipinski definition) is 2. The number of halogens is 1. The third-order valence-electron chi connectivity index (χ3n) is 5.27. The SMILES string of the molecule is Cc1noc(C)c1CC(=O)NCc1ccc2[nH]c(-c3ccccc3F)c(C)c2c1. The van der Waals surface area contributed by atoms with Crippen molar-refractivity contribution in [1.29, 1.82) is 0 Å². The van der Waals surface area contributed by atoms with Crippen LogP contribution < -0.4 is 5.32 Å². The molecule has 0 aliphatic rings. The fourth-order valence-corrected chi connectivity index (χ4v) is 3.59. The van der Waals surface area contributed by atoms with Gasteiger partial charge in [-0.3, -0.25) is 4.79 Å². The van der Waals surface area contributed by atoms with E-state index in [9.17, 15) is 9.18 Å². The van der Waals surface area contributed by atoms with Crippen LogP contribution in [0.2, 0.25) is 0 Å². The predicted octanol–water partition coefficient (Wildman–Crippen LogP) is 4.75. The number of benzene rings is 2. The minimum Gasteiger partial charge on any atom is -0.361 e. The molecule has 0 atom stereocenters. The number of aryl methyl sites for hydroxylation is 3. The number of nitrogens with one attached hydrogen (secondary N) is 2. The highest BCUT2D eigenvalue weighted by atomic mass is 19.1. The summed E-state index contributed by atoms with van der Waals surface area (Å²) in [5.41, 5.74) is 5.79. The number of rotatable bonds is 5. The fourth-order valence-electron chi connectivity index (χ4n) is 3.59. The van der Waals surface area contributed by atoms with Gasteiger partial charge in [0.15, 0.2) is 0 Å². The van der Waals surface area contributed by atoms with Gasteiger partial charge in [0, 0.05) is 28.6 Å². The zero-order valence-corrected chi connectivity index (χ0v) is 16.6. The molecule has 0 aliphatic carbocycles. The molecule has 4 rings (SSSR count). The smallest absolute Gasteiger partial charge is 0.224 e. The molecule has 0 radical (unpaired) electrons. The molecule has 148 valence electrons. The third kappa shape index (κ3) is 3.66. The first kappa shape index (κ1) is 18.9. The first-order chi connectivity index (χ1) is 13.9. The molecular formula is C23H22FN3O2. The Bertz CT molecular complexity index is 1190. The van der Waals surface area contributed by atoms with E-state index in [1.165, 1.54) is 6.07 Å². The average molecular weight is 391 g/mol. The number of amides is 1. The molecular weight excluding hydrogens is 369 g/mol. The van der Waals surface area contributed by atoms with Crippen LogP contribution in [-0.2, 0) is 17.8 Å². The van der Waals surface area contributed by atoms with Gasteiger partial charge in [0.05, 0.1) is 17.8 Å². The lowest BCUT2D eigenvalue weighted by Gasteiger charge is -2.06. The Kier molecular flexibility index (Phi) is 4.92. The second-order valence-corrected chi connectivity index (χ2v) is 7.24. The van der Waals surface area contributed by atoms with Gasteiger partial charge in [-0.2, -0.15) is 0 Å². The maximum atomic E-state index is 14.2. The second kappa shape index (κ2) is 7.54. The van der Waals surface area contributed by atoms with E-state index in [-0.39, 0.29) is 18.1 Å².